The number of hydrogen-bond acceptors (Lipinski definition) is 4. The number of anilines is 1. The van der Waals surface area contributed by atoms with Crippen LogP contribution in [0.15, 0.2) is 30.6 Å². The van der Waals surface area contributed by atoms with Crippen molar-refractivity contribution in [3.8, 4) is 5.69 Å². The first-order valence-electron chi connectivity index (χ1n) is 8.38. The van der Waals surface area contributed by atoms with E-state index in [4.69, 9.17) is 0 Å². The Hall–Kier alpha value is -2.50. The SMILES string of the molecule is Cc1nn(-c2cccc(F)c2)c2ncnc(N3CCCCC3C)c12. The van der Waals surface area contributed by atoms with Crippen LogP contribution in [0.3, 0.4) is 0 Å². The monoisotopic (exact) mass is 325 g/mol. The Morgan fingerprint density at radius 1 is 1.21 bits per heavy atom. The lowest BCUT2D eigenvalue weighted by Gasteiger charge is -2.34. The zero-order valence-electron chi connectivity index (χ0n) is 13.9. The lowest BCUT2D eigenvalue weighted by atomic mass is 10.0. The van der Waals surface area contributed by atoms with Gasteiger partial charge in [0.15, 0.2) is 5.65 Å². The molecular formula is C18H20FN5. The highest BCUT2D eigenvalue weighted by Gasteiger charge is 2.24. The van der Waals surface area contributed by atoms with Crippen LogP contribution in [-0.4, -0.2) is 32.3 Å². The molecule has 1 unspecified atom stereocenters. The van der Waals surface area contributed by atoms with Gasteiger partial charge < -0.3 is 4.90 Å². The third kappa shape index (κ3) is 2.42. The fourth-order valence-electron chi connectivity index (χ4n) is 3.52. The Morgan fingerprint density at radius 3 is 2.88 bits per heavy atom. The molecule has 1 aliphatic heterocycles. The molecule has 1 aromatic carbocycles. The molecule has 1 fully saturated rings. The molecule has 3 aromatic rings. The molecule has 6 heteroatoms. The fourth-order valence-corrected chi connectivity index (χ4v) is 3.52. The number of hydrogen-bond donors (Lipinski definition) is 0. The molecule has 24 heavy (non-hydrogen) atoms. The summed E-state index contributed by atoms with van der Waals surface area (Å²) in [6.07, 6.45) is 5.18. The molecular weight excluding hydrogens is 305 g/mol. The third-order valence-corrected chi connectivity index (χ3v) is 4.75. The Labute approximate surface area is 140 Å². The second-order valence-corrected chi connectivity index (χ2v) is 6.41. The molecule has 0 radical (unpaired) electrons. The smallest absolute Gasteiger partial charge is 0.168 e. The highest BCUT2D eigenvalue weighted by atomic mass is 19.1. The molecule has 1 atom stereocenters. The molecule has 4 rings (SSSR count). The van der Waals surface area contributed by atoms with E-state index in [-0.39, 0.29) is 5.82 Å². The number of rotatable bonds is 2. The van der Waals surface area contributed by atoms with Crippen LogP contribution in [0.5, 0.6) is 0 Å². The molecule has 0 saturated carbocycles. The molecule has 0 bridgehead atoms. The van der Waals surface area contributed by atoms with Gasteiger partial charge in [-0.3, -0.25) is 0 Å². The van der Waals surface area contributed by atoms with Crippen molar-refractivity contribution in [1.29, 1.82) is 0 Å². The van der Waals surface area contributed by atoms with Crippen molar-refractivity contribution in [2.45, 2.75) is 39.2 Å². The van der Waals surface area contributed by atoms with E-state index in [9.17, 15) is 4.39 Å². The number of aryl methyl sites for hydroxylation is 1. The minimum Gasteiger partial charge on any atom is -0.353 e. The number of nitrogens with zero attached hydrogens (tertiary/aromatic N) is 5. The van der Waals surface area contributed by atoms with Crippen molar-refractivity contribution in [2.75, 3.05) is 11.4 Å². The van der Waals surface area contributed by atoms with Gasteiger partial charge in [0.1, 0.15) is 18.0 Å². The van der Waals surface area contributed by atoms with Gasteiger partial charge in [-0.2, -0.15) is 5.10 Å². The van der Waals surface area contributed by atoms with Gasteiger partial charge in [-0.1, -0.05) is 6.07 Å². The van der Waals surface area contributed by atoms with Crippen LogP contribution in [0.2, 0.25) is 0 Å². The van der Waals surface area contributed by atoms with Crippen molar-refractivity contribution in [3.05, 3.63) is 42.1 Å². The topological polar surface area (TPSA) is 46.8 Å². The molecule has 124 valence electrons. The Balaban J connectivity index is 1.90. The number of halogens is 1. The first-order chi connectivity index (χ1) is 11.6. The summed E-state index contributed by atoms with van der Waals surface area (Å²) in [4.78, 5) is 11.3. The van der Waals surface area contributed by atoms with Crippen molar-refractivity contribution < 1.29 is 4.39 Å². The van der Waals surface area contributed by atoms with E-state index in [2.05, 4.69) is 26.9 Å². The van der Waals surface area contributed by atoms with Crippen molar-refractivity contribution >= 4 is 16.9 Å². The number of aromatic nitrogens is 4. The standard InChI is InChI=1S/C18H20FN5/c1-12-6-3-4-9-23(12)17-16-13(2)22-24(18(16)21-11-20-17)15-8-5-7-14(19)10-15/h5,7-8,10-12H,3-4,6,9H2,1-2H3. The largest absolute Gasteiger partial charge is 0.353 e. The zero-order chi connectivity index (χ0) is 16.7. The van der Waals surface area contributed by atoms with Gasteiger partial charge in [0, 0.05) is 12.6 Å². The van der Waals surface area contributed by atoms with Crippen molar-refractivity contribution in [3.63, 3.8) is 0 Å². The molecule has 1 saturated heterocycles. The lowest BCUT2D eigenvalue weighted by Crippen LogP contribution is -2.38. The van der Waals surface area contributed by atoms with Gasteiger partial charge in [0.25, 0.3) is 0 Å². The molecule has 0 aliphatic carbocycles. The van der Waals surface area contributed by atoms with E-state index in [0.29, 0.717) is 11.7 Å². The minimum atomic E-state index is -0.285. The van der Waals surface area contributed by atoms with E-state index < -0.39 is 0 Å². The molecule has 3 heterocycles. The average Bonchev–Trinajstić information content (AvgIpc) is 2.93. The van der Waals surface area contributed by atoms with Gasteiger partial charge in [0.2, 0.25) is 0 Å². The normalized spacial score (nSPS) is 18.3. The molecule has 0 N–H and O–H groups in total. The summed E-state index contributed by atoms with van der Waals surface area (Å²) in [5, 5.41) is 5.56. The van der Waals surface area contributed by atoms with Crippen LogP contribution < -0.4 is 4.90 Å². The highest BCUT2D eigenvalue weighted by molar-refractivity contribution is 5.90. The maximum atomic E-state index is 13.6. The summed E-state index contributed by atoms with van der Waals surface area (Å²) in [7, 11) is 0. The second-order valence-electron chi connectivity index (χ2n) is 6.41. The molecule has 1 aliphatic rings. The number of piperidine rings is 1. The van der Waals surface area contributed by atoms with Gasteiger partial charge >= 0.3 is 0 Å². The molecule has 2 aromatic heterocycles. The lowest BCUT2D eigenvalue weighted by molar-refractivity contribution is 0.482. The van der Waals surface area contributed by atoms with E-state index in [1.165, 1.54) is 31.4 Å². The summed E-state index contributed by atoms with van der Waals surface area (Å²) < 4.78 is 15.3. The number of benzene rings is 1. The van der Waals surface area contributed by atoms with Crippen molar-refractivity contribution in [1.82, 2.24) is 19.7 Å². The van der Waals surface area contributed by atoms with Crippen LogP contribution in [0.25, 0.3) is 16.7 Å². The quantitative estimate of drug-likeness (QED) is 0.722. The van der Waals surface area contributed by atoms with Gasteiger partial charge in [-0.15, -0.1) is 0 Å². The van der Waals surface area contributed by atoms with Crippen LogP contribution in [0.4, 0.5) is 10.2 Å². The summed E-state index contributed by atoms with van der Waals surface area (Å²) >= 11 is 0. The zero-order valence-corrected chi connectivity index (χ0v) is 13.9. The van der Waals surface area contributed by atoms with E-state index >= 15 is 0 Å². The van der Waals surface area contributed by atoms with Gasteiger partial charge in [-0.05, 0) is 51.3 Å². The Morgan fingerprint density at radius 2 is 2.08 bits per heavy atom. The van der Waals surface area contributed by atoms with Crippen LogP contribution in [0, 0.1) is 12.7 Å². The van der Waals surface area contributed by atoms with E-state index in [1.54, 1.807) is 17.1 Å². The fraction of sp³-hybridized carbons (Fsp3) is 0.389. The van der Waals surface area contributed by atoms with Crippen LogP contribution in [-0.2, 0) is 0 Å². The van der Waals surface area contributed by atoms with Crippen molar-refractivity contribution in [2.24, 2.45) is 0 Å². The predicted octanol–water partition coefficient (Wildman–Crippen LogP) is 3.64. The summed E-state index contributed by atoms with van der Waals surface area (Å²) in [6.45, 7) is 5.19. The summed E-state index contributed by atoms with van der Waals surface area (Å²) in [5.41, 5.74) is 2.26. The minimum absolute atomic E-state index is 0.285. The first-order valence-corrected chi connectivity index (χ1v) is 8.38. The van der Waals surface area contributed by atoms with Gasteiger partial charge in [0.05, 0.1) is 16.8 Å². The molecule has 0 spiro atoms. The highest BCUT2D eigenvalue weighted by Crippen LogP contribution is 2.31. The molecule has 5 nitrogen and oxygen atoms in total. The van der Waals surface area contributed by atoms with Gasteiger partial charge in [-0.25, -0.2) is 19.0 Å². The predicted molar refractivity (Wildman–Crippen MR) is 92.0 cm³/mol. The maximum absolute atomic E-state index is 13.6. The second kappa shape index (κ2) is 5.85. The third-order valence-electron chi connectivity index (χ3n) is 4.75. The summed E-state index contributed by atoms with van der Waals surface area (Å²) in [6, 6.07) is 6.87. The van der Waals surface area contributed by atoms with Crippen LogP contribution in [0.1, 0.15) is 31.9 Å². The Bertz CT molecular complexity index is 888. The maximum Gasteiger partial charge on any atom is 0.168 e. The summed E-state index contributed by atoms with van der Waals surface area (Å²) in [5.74, 6) is 0.653. The Kier molecular flexibility index (Phi) is 3.67. The van der Waals surface area contributed by atoms with E-state index in [0.717, 1.165) is 29.1 Å². The van der Waals surface area contributed by atoms with Crippen LogP contribution >= 0.6 is 0 Å². The van der Waals surface area contributed by atoms with E-state index in [1.807, 2.05) is 13.0 Å². The first kappa shape index (κ1) is 15.1. The number of fused-ring (bicyclic) bond motifs is 1. The average molecular weight is 325 g/mol. The molecule has 0 amide bonds.